The van der Waals surface area contributed by atoms with Crippen LogP contribution in [-0.2, 0) is 13.6 Å². The number of halogens is 2. The average molecular weight is 409 g/mol. The van der Waals surface area contributed by atoms with Crippen LogP contribution in [0.4, 0.5) is 0 Å². The Morgan fingerprint density at radius 2 is 2.23 bits per heavy atom. The van der Waals surface area contributed by atoms with Gasteiger partial charge in [0.2, 0.25) is 5.16 Å². The molecule has 0 amide bonds. The Morgan fingerprint density at radius 3 is 2.91 bits per heavy atom. The largest absolute Gasteiger partial charge is 0.496 e. The van der Waals surface area contributed by atoms with Gasteiger partial charge < -0.3 is 10.1 Å². The number of methoxy groups -OCH3 is 1. The molecule has 1 aromatic heterocycles. The second-order valence-electron chi connectivity index (χ2n) is 4.42. The number of aromatic nitrogens is 4. The van der Waals surface area contributed by atoms with Gasteiger partial charge in [0.25, 0.3) is 0 Å². The number of rotatable bonds is 8. The van der Waals surface area contributed by atoms with E-state index in [2.05, 4.69) is 42.8 Å². The highest BCUT2D eigenvalue weighted by molar-refractivity contribution is 9.10. The van der Waals surface area contributed by atoms with Crippen molar-refractivity contribution in [2.75, 3.05) is 19.4 Å². The first-order chi connectivity index (χ1) is 10.2. The van der Waals surface area contributed by atoms with E-state index >= 15 is 0 Å². The fourth-order valence-corrected chi connectivity index (χ4v) is 3.01. The zero-order valence-electron chi connectivity index (χ0n) is 12.5. The molecule has 0 fully saturated rings. The van der Waals surface area contributed by atoms with Crippen molar-refractivity contribution in [1.29, 1.82) is 0 Å². The zero-order chi connectivity index (χ0) is 15.1. The van der Waals surface area contributed by atoms with Gasteiger partial charge in [0.15, 0.2) is 0 Å². The highest BCUT2D eigenvalue weighted by Gasteiger charge is 2.04. The Labute approximate surface area is 148 Å². The second-order valence-corrected chi connectivity index (χ2v) is 6.40. The molecular formula is C13H19BrClN5OS. The maximum atomic E-state index is 5.35. The molecule has 0 aliphatic heterocycles. The van der Waals surface area contributed by atoms with Crippen molar-refractivity contribution in [3.8, 4) is 5.75 Å². The van der Waals surface area contributed by atoms with E-state index < -0.39 is 0 Å². The lowest BCUT2D eigenvalue weighted by Crippen LogP contribution is -2.16. The minimum atomic E-state index is 0. The molecule has 6 nitrogen and oxygen atoms in total. The van der Waals surface area contributed by atoms with E-state index in [9.17, 15) is 0 Å². The Hall–Kier alpha value is -0.830. The number of hydrogen-bond donors (Lipinski definition) is 1. The van der Waals surface area contributed by atoms with Gasteiger partial charge in [0.1, 0.15) is 5.75 Å². The number of thioether (sulfide) groups is 1. The van der Waals surface area contributed by atoms with Gasteiger partial charge in [-0.15, -0.1) is 17.5 Å². The molecule has 9 heteroatoms. The number of nitrogens with one attached hydrogen (secondary N) is 1. The van der Waals surface area contributed by atoms with Crippen molar-refractivity contribution in [2.45, 2.75) is 18.1 Å². The minimum Gasteiger partial charge on any atom is -0.496 e. The quantitative estimate of drug-likeness (QED) is 0.535. The summed E-state index contributed by atoms with van der Waals surface area (Å²) in [5.41, 5.74) is 1.15. The van der Waals surface area contributed by atoms with Gasteiger partial charge >= 0.3 is 0 Å². The smallest absolute Gasteiger partial charge is 0.209 e. The Balaban J connectivity index is 0.00000242. The SMILES string of the molecule is COc1ccc(Br)cc1CNCCCSc1nnnn1C.Cl. The van der Waals surface area contributed by atoms with Crippen molar-refractivity contribution in [1.82, 2.24) is 25.5 Å². The molecule has 0 saturated carbocycles. The van der Waals surface area contributed by atoms with E-state index in [4.69, 9.17) is 4.74 Å². The summed E-state index contributed by atoms with van der Waals surface area (Å²) in [7, 11) is 3.54. The van der Waals surface area contributed by atoms with E-state index in [1.165, 1.54) is 0 Å². The summed E-state index contributed by atoms with van der Waals surface area (Å²) in [6.07, 6.45) is 1.05. The molecule has 0 spiro atoms. The van der Waals surface area contributed by atoms with Crippen LogP contribution in [0.3, 0.4) is 0 Å². The first kappa shape index (κ1) is 19.2. The summed E-state index contributed by atoms with van der Waals surface area (Å²) in [5, 5.41) is 15.6. The van der Waals surface area contributed by atoms with E-state index in [1.807, 2.05) is 19.2 Å². The van der Waals surface area contributed by atoms with Crippen molar-refractivity contribution in [2.24, 2.45) is 7.05 Å². The third-order valence-electron chi connectivity index (χ3n) is 2.87. The first-order valence-electron chi connectivity index (χ1n) is 6.59. The van der Waals surface area contributed by atoms with Crippen LogP contribution in [0.2, 0.25) is 0 Å². The van der Waals surface area contributed by atoms with Crippen LogP contribution in [0.15, 0.2) is 27.8 Å². The third kappa shape index (κ3) is 5.75. The molecule has 1 N–H and O–H groups in total. The summed E-state index contributed by atoms with van der Waals surface area (Å²) in [6, 6.07) is 6.03. The maximum absolute atomic E-state index is 5.35. The number of benzene rings is 1. The summed E-state index contributed by atoms with van der Waals surface area (Å²) in [5.74, 6) is 1.89. The van der Waals surface area contributed by atoms with Gasteiger partial charge in [-0.05, 0) is 41.6 Å². The van der Waals surface area contributed by atoms with Crippen molar-refractivity contribution in [3.05, 3.63) is 28.2 Å². The number of nitrogens with zero attached hydrogens (tertiary/aromatic N) is 4. The summed E-state index contributed by atoms with van der Waals surface area (Å²) in [4.78, 5) is 0. The average Bonchev–Trinajstić information content (AvgIpc) is 2.88. The molecule has 122 valence electrons. The first-order valence-corrected chi connectivity index (χ1v) is 8.37. The monoisotopic (exact) mass is 407 g/mol. The van der Waals surface area contributed by atoms with Crippen LogP contribution in [0, 0.1) is 0 Å². The lowest BCUT2D eigenvalue weighted by molar-refractivity contribution is 0.407. The molecule has 0 aliphatic rings. The maximum Gasteiger partial charge on any atom is 0.209 e. The van der Waals surface area contributed by atoms with E-state index in [-0.39, 0.29) is 12.4 Å². The lowest BCUT2D eigenvalue weighted by atomic mass is 10.2. The number of tetrazole rings is 1. The molecule has 0 unspecified atom stereocenters. The molecule has 1 heterocycles. The van der Waals surface area contributed by atoms with Gasteiger partial charge in [-0.1, -0.05) is 27.7 Å². The molecule has 1 aromatic carbocycles. The molecule has 0 bridgehead atoms. The summed E-state index contributed by atoms with van der Waals surface area (Å²) < 4.78 is 8.10. The number of ether oxygens (including phenoxy) is 1. The normalized spacial score (nSPS) is 10.3. The molecular weight excluding hydrogens is 390 g/mol. The van der Waals surface area contributed by atoms with Gasteiger partial charge in [0, 0.05) is 29.4 Å². The Bertz CT molecular complexity index is 583. The Morgan fingerprint density at radius 1 is 1.41 bits per heavy atom. The van der Waals surface area contributed by atoms with Crippen LogP contribution in [0.1, 0.15) is 12.0 Å². The second kappa shape index (κ2) is 10.0. The van der Waals surface area contributed by atoms with Crippen molar-refractivity contribution < 1.29 is 4.74 Å². The van der Waals surface area contributed by atoms with Crippen LogP contribution in [0.25, 0.3) is 0 Å². The molecule has 0 atom stereocenters. The molecule has 2 rings (SSSR count). The topological polar surface area (TPSA) is 64.9 Å². The predicted octanol–water partition coefficient (Wildman–Crippen LogP) is 2.68. The third-order valence-corrected chi connectivity index (χ3v) is 4.46. The standard InChI is InChI=1S/C13H18BrN5OS.ClH/c1-19-13(16-17-18-19)21-7-3-6-15-9-10-8-11(14)4-5-12(10)20-2;/h4-5,8,15H,3,6-7,9H2,1-2H3;1H. The van der Waals surface area contributed by atoms with Crippen LogP contribution < -0.4 is 10.1 Å². The van der Waals surface area contributed by atoms with Gasteiger partial charge in [-0.3, -0.25) is 0 Å². The summed E-state index contributed by atoms with van der Waals surface area (Å²) >= 11 is 5.15. The summed E-state index contributed by atoms with van der Waals surface area (Å²) in [6.45, 7) is 1.73. The van der Waals surface area contributed by atoms with E-state index in [0.29, 0.717) is 0 Å². The van der Waals surface area contributed by atoms with Gasteiger partial charge in [0.05, 0.1) is 7.11 Å². The van der Waals surface area contributed by atoms with Gasteiger partial charge in [-0.25, -0.2) is 4.68 Å². The highest BCUT2D eigenvalue weighted by Crippen LogP contribution is 2.22. The molecule has 0 saturated heterocycles. The highest BCUT2D eigenvalue weighted by atomic mass is 79.9. The van der Waals surface area contributed by atoms with Crippen molar-refractivity contribution in [3.63, 3.8) is 0 Å². The van der Waals surface area contributed by atoms with Crippen LogP contribution >= 0.6 is 40.1 Å². The van der Waals surface area contributed by atoms with E-state index in [0.717, 1.165) is 46.2 Å². The van der Waals surface area contributed by atoms with E-state index in [1.54, 1.807) is 23.6 Å². The fraction of sp³-hybridized carbons (Fsp3) is 0.462. The Kier molecular flexibility index (Phi) is 8.77. The minimum absolute atomic E-state index is 0. The van der Waals surface area contributed by atoms with Crippen LogP contribution in [-0.4, -0.2) is 39.6 Å². The lowest BCUT2D eigenvalue weighted by Gasteiger charge is -2.10. The van der Waals surface area contributed by atoms with Crippen LogP contribution in [0.5, 0.6) is 5.75 Å². The molecule has 0 aliphatic carbocycles. The molecule has 2 aromatic rings. The fourth-order valence-electron chi connectivity index (χ4n) is 1.81. The predicted molar refractivity (Wildman–Crippen MR) is 93.8 cm³/mol. The zero-order valence-corrected chi connectivity index (χ0v) is 15.7. The number of aryl methyl sites for hydroxylation is 1. The van der Waals surface area contributed by atoms with Gasteiger partial charge in [-0.2, -0.15) is 0 Å². The van der Waals surface area contributed by atoms with Crippen molar-refractivity contribution >= 4 is 40.1 Å². The molecule has 22 heavy (non-hydrogen) atoms. The molecule has 0 radical (unpaired) electrons. The number of hydrogen-bond acceptors (Lipinski definition) is 6.